The van der Waals surface area contributed by atoms with Gasteiger partial charge in [-0.2, -0.15) is 0 Å². The quantitative estimate of drug-likeness (QED) is 0.660. The number of rotatable bonds is 4. The fraction of sp³-hybridized carbons (Fsp3) is 0. The number of carbonyl (C=O) groups is 2. The molecule has 2 N–H and O–H groups in total. The Morgan fingerprint density at radius 3 is 2.56 bits per heavy atom. The van der Waals surface area contributed by atoms with Crippen molar-refractivity contribution in [1.29, 1.82) is 0 Å². The van der Waals surface area contributed by atoms with Crippen LogP contribution in [0.15, 0.2) is 54.0 Å². The van der Waals surface area contributed by atoms with E-state index in [1.807, 2.05) is 0 Å². The molecule has 0 aliphatic rings. The predicted molar refractivity (Wildman–Crippen MR) is 101 cm³/mol. The molecule has 0 saturated carbocycles. The van der Waals surface area contributed by atoms with Gasteiger partial charge in [-0.3, -0.25) is 14.9 Å². The summed E-state index contributed by atoms with van der Waals surface area (Å²) < 4.78 is 0. The molecule has 0 aliphatic heterocycles. The number of aromatic nitrogens is 1. The molecule has 0 atom stereocenters. The minimum atomic E-state index is -0.390. The van der Waals surface area contributed by atoms with Crippen LogP contribution < -0.4 is 10.6 Å². The molecule has 2 amide bonds. The van der Waals surface area contributed by atoms with E-state index in [-0.39, 0.29) is 16.8 Å². The largest absolute Gasteiger partial charge is 0.322 e. The summed E-state index contributed by atoms with van der Waals surface area (Å²) in [7, 11) is 0. The molecule has 0 aliphatic carbocycles. The first-order valence-corrected chi connectivity index (χ1v) is 8.74. The zero-order valence-corrected chi connectivity index (χ0v) is 15.0. The highest BCUT2D eigenvalue weighted by atomic mass is 35.5. The van der Waals surface area contributed by atoms with Crippen LogP contribution in [0.4, 0.5) is 10.8 Å². The van der Waals surface area contributed by atoms with E-state index >= 15 is 0 Å². The van der Waals surface area contributed by atoms with Crippen molar-refractivity contribution in [1.82, 2.24) is 4.98 Å². The van der Waals surface area contributed by atoms with Crippen LogP contribution in [-0.2, 0) is 0 Å². The number of nitrogens with zero attached hydrogens (tertiary/aromatic N) is 1. The first-order chi connectivity index (χ1) is 12.0. The SMILES string of the molecule is O=C(Nc1nccs1)c1cccc(NC(=O)c2ccc(Cl)cc2Cl)c1. The summed E-state index contributed by atoms with van der Waals surface area (Å²) in [6.07, 6.45) is 1.60. The standard InChI is InChI=1S/C17H11Cl2N3O2S/c18-11-4-5-13(14(19)9-11)16(24)21-12-3-1-2-10(8-12)15(23)22-17-20-6-7-25-17/h1-9H,(H,21,24)(H,20,22,23). The molecule has 0 unspecified atom stereocenters. The number of carbonyl (C=O) groups excluding carboxylic acids is 2. The minimum absolute atomic E-state index is 0.252. The van der Waals surface area contributed by atoms with Crippen molar-refractivity contribution in [2.45, 2.75) is 0 Å². The molecule has 5 nitrogen and oxygen atoms in total. The van der Waals surface area contributed by atoms with Crippen LogP contribution in [0, 0.1) is 0 Å². The third-order valence-corrected chi connectivity index (χ3v) is 4.45. The van der Waals surface area contributed by atoms with Crippen molar-refractivity contribution < 1.29 is 9.59 Å². The fourth-order valence-electron chi connectivity index (χ4n) is 2.06. The molecule has 8 heteroatoms. The normalized spacial score (nSPS) is 10.3. The molecule has 25 heavy (non-hydrogen) atoms. The first-order valence-electron chi connectivity index (χ1n) is 7.10. The van der Waals surface area contributed by atoms with Gasteiger partial charge >= 0.3 is 0 Å². The molecule has 2 aromatic carbocycles. The van der Waals surface area contributed by atoms with Gasteiger partial charge in [0.05, 0.1) is 10.6 Å². The molecule has 3 aromatic rings. The van der Waals surface area contributed by atoms with E-state index in [1.54, 1.807) is 48.0 Å². The molecular weight excluding hydrogens is 381 g/mol. The summed E-state index contributed by atoms with van der Waals surface area (Å²) in [6.45, 7) is 0. The van der Waals surface area contributed by atoms with Gasteiger partial charge in [0.15, 0.2) is 5.13 Å². The van der Waals surface area contributed by atoms with E-state index in [0.29, 0.717) is 27.0 Å². The number of anilines is 2. The van der Waals surface area contributed by atoms with Crippen LogP contribution in [0.5, 0.6) is 0 Å². The van der Waals surface area contributed by atoms with Crippen LogP contribution in [-0.4, -0.2) is 16.8 Å². The molecule has 3 rings (SSSR count). The average Bonchev–Trinajstić information content (AvgIpc) is 3.08. The number of hydrogen-bond acceptors (Lipinski definition) is 4. The van der Waals surface area contributed by atoms with Crippen LogP contribution in [0.2, 0.25) is 10.0 Å². The Bertz CT molecular complexity index is 929. The van der Waals surface area contributed by atoms with Gasteiger partial charge in [-0.25, -0.2) is 4.98 Å². The van der Waals surface area contributed by atoms with E-state index in [4.69, 9.17) is 23.2 Å². The number of nitrogens with one attached hydrogen (secondary N) is 2. The molecule has 1 aromatic heterocycles. The van der Waals surface area contributed by atoms with Crippen molar-refractivity contribution >= 4 is 57.2 Å². The van der Waals surface area contributed by atoms with Gasteiger partial charge in [-0.1, -0.05) is 29.3 Å². The number of amides is 2. The minimum Gasteiger partial charge on any atom is -0.322 e. The fourth-order valence-corrected chi connectivity index (χ4v) is 3.08. The average molecular weight is 392 g/mol. The monoisotopic (exact) mass is 391 g/mol. The second kappa shape index (κ2) is 7.65. The van der Waals surface area contributed by atoms with Crippen LogP contribution in [0.3, 0.4) is 0 Å². The first kappa shape index (κ1) is 17.4. The molecule has 1 heterocycles. The lowest BCUT2D eigenvalue weighted by Gasteiger charge is -2.09. The second-order valence-corrected chi connectivity index (χ2v) is 6.69. The Labute approximate surface area is 157 Å². The highest BCUT2D eigenvalue weighted by molar-refractivity contribution is 7.13. The zero-order chi connectivity index (χ0) is 17.8. The van der Waals surface area contributed by atoms with Gasteiger partial charge in [0.1, 0.15) is 0 Å². The maximum absolute atomic E-state index is 12.3. The van der Waals surface area contributed by atoms with E-state index in [0.717, 1.165) is 0 Å². The van der Waals surface area contributed by atoms with Crippen molar-refractivity contribution in [3.8, 4) is 0 Å². The van der Waals surface area contributed by atoms with Crippen LogP contribution >= 0.6 is 34.5 Å². The van der Waals surface area contributed by atoms with Crippen molar-refractivity contribution in [3.05, 3.63) is 75.2 Å². The lowest BCUT2D eigenvalue weighted by atomic mass is 10.1. The lowest BCUT2D eigenvalue weighted by molar-refractivity contribution is 0.101. The summed E-state index contributed by atoms with van der Waals surface area (Å²) >= 11 is 13.2. The van der Waals surface area contributed by atoms with E-state index in [1.165, 1.54) is 17.4 Å². The number of thiazole rings is 1. The zero-order valence-electron chi connectivity index (χ0n) is 12.6. The Hall–Kier alpha value is -2.41. The Morgan fingerprint density at radius 2 is 1.84 bits per heavy atom. The number of benzene rings is 2. The number of hydrogen-bond donors (Lipinski definition) is 2. The Morgan fingerprint density at radius 1 is 1.00 bits per heavy atom. The summed E-state index contributed by atoms with van der Waals surface area (Å²) in [5, 5.41) is 8.37. The van der Waals surface area contributed by atoms with Gasteiger partial charge in [-0.05, 0) is 36.4 Å². The molecular formula is C17H11Cl2N3O2S. The predicted octanol–water partition coefficient (Wildman–Crippen LogP) is 4.95. The van der Waals surface area contributed by atoms with Crippen molar-refractivity contribution in [3.63, 3.8) is 0 Å². The third kappa shape index (κ3) is 4.36. The van der Waals surface area contributed by atoms with Gasteiger partial charge < -0.3 is 5.32 Å². The third-order valence-electron chi connectivity index (χ3n) is 3.21. The van der Waals surface area contributed by atoms with E-state index in [9.17, 15) is 9.59 Å². The molecule has 0 spiro atoms. The van der Waals surface area contributed by atoms with E-state index < -0.39 is 0 Å². The summed E-state index contributed by atoms with van der Waals surface area (Å²) in [5.74, 6) is -0.699. The van der Waals surface area contributed by atoms with Gasteiger partial charge in [0.2, 0.25) is 0 Å². The summed E-state index contributed by atoms with van der Waals surface area (Å²) in [4.78, 5) is 28.6. The van der Waals surface area contributed by atoms with Crippen molar-refractivity contribution in [2.75, 3.05) is 10.6 Å². The molecule has 0 saturated heterocycles. The molecule has 126 valence electrons. The van der Waals surface area contributed by atoms with E-state index in [2.05, 4.69) is 15.6 Å². The van der Waals surface area contributed by atoms with Gasteiger partial charge in [0.25, 0.3) is 11.8 Å². The topological polar surface area (TPSA) is 71.1 Å². The van der Waals surface area contributed by atoms with Crippen LogP contribution in [0.1, 0.15) is 20.7 Å². The summed E-state index contributed by atoms with van der Waals surface area (Å²) in [5.41, 5.74) is 1.17. The molecule has 0 bridgehead atoms. The van der Waals surface area contributed by atoms with Crippen LogP contribution in [0.25, 0.3) is 0 Å². The second-order valence-electron chi connectivity index (χ2n) is 4.95. The molecule has 0 fully saturated rings. The highest BCUT2D eigenvalue weighted by Crippen LogP contribution is 2.22. The number of halogens is 2. The Kier molecular flexibility index (Phi) is 5.33. The maximum atomic E-state index is 12.3. The maximum Gasteiger partial charge on any atom is 0.257 e. The smallest absolute Gasteiger partial charge is 0.257 e. The summed E-state index contributed by atoms with van der Waals surface area (Å²) in [6, 6.07) is 11.2. The van der Waals surface area contributed by atoms with Crippen molar-refractivity contribution in [2.24, 2.45) is 0 Å². The molecule has 0 radical (unpaired) electrons. The Balaban J connectivity index is 1.75. The lowest BCUT2D eigenvalue weighted by Crippen LogP contribution is -2.15. The van der Waals surface area contributed by atoms with Gasteiger partial charge in [0, 0.05) is 27.9 Å². The van der Waals surface area contributed by atoms with Gasteiger partial charge in [-0.15, -0.1) is 11.3 Å². The highest BCUT2D eigenvalue weighted by Gasteiger charge is 2.13.